The van der Waals surface area contributed by atoms with E-state index in [2.05, 4.69) is 31.2 Å². The van der Waals surface area contributed by atoms with E-state index in [4.69, 9.17) is 28.2 Å². The number of nitrogens with zero attached hydrogens (tertiary/aromatic N) is 5. The molecule has 0 atom stereocenters. The second-order valence-corrected chi connectivity index (χ2v) is 21.0. The Morgan fingerprint density at radius 2 is 1.20 bits per heavy atom. The van der Waals surface area contributed by atoms with Crippen molar-refractivity contribution in [2.45, 2.75) is 103 Å². The quantitative estimate of drug-likeness (QED) is 0.0354. The van der Waals surface area contributed by atoms with Crippen molar-refractivity contribution in [3.05, 3.63) is 131 Å². The number of nitrogens with one attached hydrogen (secondary N) is 1. The molecule has 6 aromatic rings. The number of phenolic OH excluding ortho intramolecular Hbond substituents is 1. The van der Waals surface area contributed by atoms with Crippen molar-refractivity contribution in [3.8, 4) is 34.0 Å². The second-order valence-electron chi connectivity index (χ2n) is 20.5. The van der Waals surface area contributed by atoms with Crippen molar-refractivity contribution in [3.63, 3.8) is 0 Å². The molecule has 2 aliphatic rings. The molecule has 440 valence electrons. The summed E-state index contributed by atoms with van der Waals surface area (Å²) in [6, 6.07) is 26.0. The van der Waals surface area contributed by atoms with Gasteiger partial charge in [-0.15, -0.1) is 0 Å². The van der Waals surface area contributed by atoms with Gasteiger partial charge in [-0.25, -0.2) is 14.8 Å². The number of aromatic nitrogens is 2. The molecule has 4 aromatic carbocycles. The van der Waals surface area contributed by atoms with Gasteiger partial charge in [0.25, 0.3) is 0 Å². The largest absolute Gasteiger partial charge is 0.508 e. The molecule has 0 radical (unpaired) electrons. The molecule has 2 aliphatic heterocycles. The molecule has 8 rings (SSSR count). The van der Waals surface area contributed by atoms with E-state index in [1.807, 2.05) is 0 Å². The summed E-state index contributed by atoms with van der Waals surface area (Å²) in [5, 5.41) is 21.2. The van der Waals surface area contributed by atoms with Gasteiger partial charge < -0.3 is 48.4 Å². The number of carbonyl (C=O) groups is 5. The van der Waals surface area contributed by atoms with Crippen LogP contribution in [0.15, 0.2) is 106 Å². The number of anilines is 2. The van der Waals surface area contributed by atoms with Crippen molar-refractivity contribution in [1.29, 1.82) is 0 Å². The van der Waals surface area contributed by atoms with Gasteiger partial charge in [0.2, 0.25) is 35.1 Å². The molecule has 0 unspecified atom stereocenters. The van der Waals surface area contributed by atoms with E-state index in [9.17, 15) is 55.4 Å². The molecule has 3 amide bonds. The molecule has 0 saturated heterocycles. The fourth-order valence-electron chi connectivity index (χ4n) is 8.25. The number of benzene rings is 4. The predicted molar refractivity (Wildman–Crippen MR) is 291 cm³/mol. The molecular formula is C57H61BrF6N6O12. The van der Waals surface area contributed by atoms with Crippen molar-refractivity contribution < 1.29 is 83.6 Å². The van der Waals surface area contributed by atoms with Crippen LogP contribution in [0, 0.1) is 0 Å². The lowest BCUT2D eigenvalue weighted by Gasteiger charge is -2.29. The maximum atomic E-state index is 13.5. The molecule has 0 fully saturated rings. The van der Waals surface area contributed by atoms with Gasteiger partial charge in [0, 0.05) is 48.7 Å². The van der Waals surface area contributed by atoms with Gasteiger partial charge in [-0.1, -0.05) is 76.6 Å². The van der Waals surface area contributed by atoms with Crippen LogP contribution in [0.3, 0.4) is 0 Å². The average Bonchev–Trinajstić information content (AvgIpc) is 4.42. The van der Waals surface area contributed by atoms with E-state index >= 15 is 0 Å². The molecule has 4 heterocycles. The molecule has 0 saturated carbocycles. The topological polar surface area (TPSA) is 227 Å². The lowest BCUT2D eigenvalue weighted by atomic mass is 10.1. The third kappa shape index (κ3) is 18.3. The number of rotatable bonds is 16. The minimum atomic E-state index is -4.71. The molecule has 0 aliphatic carbocycles. The van der Waals surface area contributed by atoms with E-state index in [0.717, 1.165) is 11.1 Å². The number of phenols is 1. The molecule has 2 aromatic heterocycles. The minimum Gasteiger partial charge on any atom is -0.508 e. The fourth-order valence-corrected chi connectivity index (χ4v) is 8.49. The zero-order valence-electron chi connectivity index (χ0n) is 45.6. The fraction of sp³-hybridized carbons (Fsp3) is 0.386. The summed E-state index contributed by atoms with van der Waals surface area (Å²) >= 11 is 3.02. The minimum absolute atomic E-state index is 0.00580. The van der Waals surface area contributed by atoms with Gasteiger partial charge in [-0.05, 0) is 102 Å². The summed E-state index contributed by atoms with van der Waals surface area (Å²) in [4.78, 5) is 72.9. The predicted octanol–water partition coefficient (Wildman–Crippen LogP) is 11.4. The Hall–Kier alpha value is -7.93. The zero-order chi connectivity index (χ0) is 60.2. The number of hydrogen-bond acceptors (Lipinski definition) is 14. The third-order valence-electron chi connectivity index (χ3n) is 11.7. The number of aromatic hydroxyl groups is 1. The number of hydrogen-bond donors (Lipinski definition) is 3. The van der Waals surface area contributed by atoms with E-state index < -0.39 is 53.1 Å². The highest BCUT2D eigenvalue weighted by Gasteiger charge is 2.41. The number of alkyl halides is 7. The van der Waals surface area contributed by atoms with Crippen LogP contribution < -0.4 is 19.9 Å². The summed E-state index contributed by atoms with van der Waals surface area (Å²) < 4.78 is 105. The summed E-state index contributed by atoms with van der Waals surface area (Å²) in [5.41, 5.74) is 2.00. The van der Waals surface area contributed by atoms with Crippen LogP contribution in [0.5, 0.6) is 11.5 Å². The molecule has 82 heavy (non-hydrogen) atoms. The highest BCUT2D eigenvalue weighted by atomic mass is 79.9. The highest BCUT2D eigenvalue weighted by Crippen LogP contribution is 2.40. The summed E-state index contributed by atoms with van der Waals surface area (Å²) in [7, 11) is 0. The number of ether oxygens (including phenoxy) is 3. The molecule has 0 spiro atoms. The smallest absolute Gasteiger partial charge is 0.451 e. The Morgan fingerprint density at radius 3 is 1.72 bits per heavy atom. The van der Waals surface area contributed by atoms with Gasteiger partial charge in [0.1, 0.15) is 40.6 Å². The van der Waals surface area contributed by atoms with Gasteiger partial charge >= 0.3 is 30.4 Å². The maximum Gasteiger partial charge on any atom is 0.451 e. The number of carboxylic acids is 1. The second kappa shape index (κ2) is 27.2. The Bertz CT molecular complexity index is 3180. The van der Waals surface area contributed by atoms with E-state index in [0.29, 0.717) is 48.6 Å². The average molecular weight is 1220 g/mol. The van der Waals surface area contributed by atoms with Crippen molar-refractivity contribution in [1.82, 2.24) is 20.2 Å². The van der Waals surface area contributed by atoms with Crippen molar-refractivity contribution in [2.24, 2.45) is 0 Å². The lowest BCUT2D eigenvalue weighted by Crippen LogP contribution is -2.45. The SMILES string of the molecule is CC(C)(C)OC(=O)CCN(CC(=O)N1CCc2cc(O)ccc21)C(=O)OC(C)(C)C.FC(F)(F)c1oc(CBr)nc1-c1ccccc1.O=C(O)CCNCC(=O)N1CCc2cc(OCc3nc(-c4ccccc4)c(C(F)(F)F)o3)ccc21. The van der Waals surface area contributed by atoms with E-state index in [1.165, 1.54) is 23.1 Å². The number of esters is 1. The number of aliphatic carboxylic acids is 1. The third-order valence-corrected chi connectivity index (χ3v) is 12.2. The lowest BCUT2D eigenvalue weighted by molar-refractivity contribution is -0.155. The van der Waals surface area contributed by atoms with E-state index in [-0.39, 0.29) is 97.3 Å². The normalized spacial score (nSPS) is 13.0. The van der Waals surface area contributed by atoms with Crippen LogP contribution in [-0.4, -0.2) is 105 Å². The number of oxazole rings is 2. The standard InChI is InChI=1S/C24H22F3N3O5.C22H32N2O6.C11H7BrF3NO/c25-24(26,27)23-22(15-4-2-1-3-5-15)29-19(35-23)14-34-17-6-7-18-16(12-17)9-11-30(18)20(31)13-28-10-8-21(32)33;1-21(2,3)29-19(27)10-11-23(20(28)30-22(4,5)6)14-18(26)24-12-9-15-13-16(25)7-8-17(15)24;12-6-8-16-9(7-4-2-1-3-5-7)10(17-8)11(13,14)15/h1-7,12,28H,8-11,13-14H2,(H,32,33);7-8,13,25H,9-12,14H2,1-6H3;1-5H,6H2. The van der Waals surface area contributed by atoms with Crippen LogP contribution in [0.1, 0.15) is 88.8 Å². The van der Waals surface area contributed by atoms with Gasteiger partial charge in [-0.3, -0.25) is 24.1 Å². The number of carbonyl (C=O) groups excluding carboxylic acids is 4. The van der Waals surface area contributed by atoms with Crippen LogP contribution in [0.25, 0.3) is 22.5 Å². The number of fused-ring (bicyclic) bond motifs is 2. The monoisotopic (exact) mass is 1210 g/mol. The summed E-state index contributed by atoms with van der Waals surface area (Å²) in [5.74, 6) is -3.74. The first-order valence-electron chi connectivity index (χ1n) is 25.6. The van der Waals surface area contributed by atoms with Gasteiger partial charge in [0.05, 0.1) is 24.7 Å². The molecule has 25 heteroatoms. The number of halogens is 7. The zero-order valence-corrected chi connectivity index (χ0v) is 47.2. The maximum absolute atomic E-state index is 13.5. The van der Waals surface area contributed by atoms with Gasteiger partial charge in [-0.2, -0.15) is 26.3 Å². The van der Waals surface area contributed by atoms with Crippen molar-refractivity contribution >= 4 is 57.2 Å². The van der Waals surface area contributed by atoms with Crippen LogP contribution >= 0.6 is 15.9 Å². The first kappa shape index (κ1) is 63.3. The van der Waals surface area contributed by atoms with Crippen LogP contribution in [-0.2, 0) is 65.8 Å². The van der Waals surface area contributed by atoms with E-state index in [1.54, 1.807) is 130 Å². The molecule has 3 N–H and O–H groups in total. The molecule has 18 nitrogen and oxygen atoms in total. The number of amides is 3. The number of carboxylic acid groups (broad SMARTS) is 1. The Balaban J connectivity index is 0.000000209. The highest BCUT2D eigenvalue weighted by molar-refractivity contribution is 9.08. The van der Waals surface area contributed by atoms with Gasteiger partial charge in [0.15, 0.2) is 6.61 Å². The first-order valence-corrected chi connectivity index (χ1v) is 26.7. The Labute approximate surface area is 476 Å². The molecular weight excluding hydrogens is 1150 g/mol. The van der Waals surface area contributed by atoms with Crippen LogP contribution in [0.4, 0.5) is 42.5 Å². The summed E-state index contributed by atoms with van der Waals surface area (Å²) in [6.07, 6.45) is -8.82. The Morgan fingerprint density at radius 1 is 0.683 bits per heavy atom. The summed E-state index contributed by atoms with van der Waals surface area (Å²) in [6.45, 7) is 11.1. The Kier molecular flexibility index (Phi) is 21.0. The first-order chi connectivity index (χ1) is 38.5. The molecule has 0 bridgehead atoms. The van der Waals surface area contributed by atoms with Crippen LogP contribution in [0.2, 0.25) is 0 Å². The van der Waals surface area contributed by atoms with Crippen molar-refractivity contribution in [2.75, 3.05) is 49.1 Å².